The van der Waals surface area contributed by atoms with Crippen LogP contribution in [-0.2, 0) is 4.79 Å². The maximum atomic E-state index is 11.8. The lowest BCUT2D eigenvalue weighted by atomic mass is 10.2. The molecule has 0 saturated heterocycles. The summed E-state index contributed by atoms with van der Waals surface area (Å²) in [5, 5.41) is 5.74. The number of nitrogens with one attached hydrogen (secondary N) is 2. The molecule has 2 rings (SSSR count). The normalized spacial score (nSPS) is 10.2. The van der Waals surface area contributed by atoms with Gasteiger partial charge < -0.3 is 10.1 Å². The maximum absolute atomic E-state index is 11.8. The third-order valence-electron chi connectivity index (χ3n) is 2.82. The number of carbonyl (C=O) groups excluding carboxylic acids is 1. The van der Waals surface area contributed by atoms with Crippen LogP contribution in [0.15, 0.2) is 60.7 Å². The minimum atomic E-state index is -0.295. The molecule has 1 amide bonds. The summed E-state index contributed by atoms with van der Waals surface area (Å²) in [6.45, 7) is 0. The lowest BCUT2D eigenvalue weighted by Crippen LogP contribution is -2.32. The van der Waals surface area contributed by atoms with E-state index in [4.69, 9.17) is 17.0 Å². The van der Waals surface area contributed by atoms with E-state index in [0.29, 0.717) is 11.4 Å². The lowest BCUT2D eigenvalue weighted by molar-refractivity contribution is -0.115. The zero-order valence-electron chi connectivity index (χ0n) is 12.1. The van der Waals surface area contributed by atoms with Gasteiger partial charge in [-0.3, -0.25) is 10.1 Å². The van der Waals surface area contributed by atoms with Crippen molar-refractivity contribution < 1.29 is 9.53 Å². The number of ether oxygens (including phenoxy) is 1. The summed E-state index contributed by atoms with van der Waals surface area (Å²) in [7, 11) is 1.57. The molecule has 0 atom stereocenters. The number of amides is 1. The Kier molecular flexibility index (Phi) is 5.68. The summed E-state index contributed by atoms with van der Waals surface area (Å²) < 4.78 is 5.21. The van der Waals surface area contributed by atoms with Gasteiger partial charge in [-0.15, -0.1) is 0 Å². The van der Waals surface area contributed by atoms with Gasteiger partial charge in [0.05, 0.1) is 12.8 Å². The summed E-state index contributed by atoms with van der Waals surface area (Å²) in [6, 6.07) is 16.9. The van der Waals surface area contributed by atoms with E-state index in [0.717, 1.165) is 5.56 Å². The van der Waals surface area contributed by atoms with Crippen LogP contribution in [0, 0.1) is 0 Å². The van der Waals surface area contributed by atoms with Crippen molar-refractivity contribution in [2.75, 3.05) is 12.4 Å². The van der Waals surface area contributed by atoms with E-state index >= 15 is 0 Å². The van der Waals surface area contributed by atoms with Crippen molar-refractivity contribution in [1.82, 2.24) is 5.32 Å². The Labute approximate surface area is 134 Å². The molecule has 112 valence electrons. The second kappa shape index (κ2) is 7.95. The first kappa shape index (κ1) is 15.7. The first-order chi connectivity index (χ1) is 10.7. The van der Waals surface area contributed by atoms with E-state index in [9.17, 15) is 4.79 Å². The Bertz CT molecular complexity index is 684. The Morgan fingerprint density at radius 1 is 1.09 bits per heavy atom. The van der Waals surface area contributed by atoms with Crippen molar-refractivity contribution in [2.24, 2.45) is 0 Å². The van der Waals surface area contributed by atoms with Crippen molar-refractivity contribution in [1.29, 1.82) is 0 Å². The van der Waals surface area contributed by atoms with E-state index in [1.807, 2.05) is 54.6 Å². The van der Waals surface area contributed by atoms with E-state index in [-0.39, 0.29) is 11.0 Å². The molecule has 0 aliphatic rings. The minimum absolute atomic E-state index is 0.215. The minimum Gasteiger partial charge on any atom is -0.495 e. The van der Waals surface area contributed by atoms with Gasteiger partial charge in [-0.05, 0) is 36.0 Å². The molecule has 2 aromatic carbocycles. The van der Waals surface area contributed by atoms with Gasteiger partial charge in [0, 0.05) is 6.08 Å². The van der Waals surface area contributed by atoms with E-state index in [1.54, 1.807) is 13.2 Å². The van der Waals surface area contributed by atoms with Crippen LogP contribution < -0.4 is 15.4 Å². The number of thiocarbonyl (C=S) groups is 1. The molecule has 22 heavy (non-hydrogen) atoms. The SMILES string of the molecule is COc1ccccc1NC(=S)NC(=O)C=Cc1ccccc1. The molecular weight excluding hydrogens is 296 g/mol. The fraction of sp³-hybridized carbons (Fsp3) is 0.0588. The van der Waals surface area contributed by atoms with Gasteiger partial charge in [-0.1, -0.05) is 42.5 Å². The smallest absolute Gasteiger partial charge is 0.250 e. The number of para-hydroxylation sites is 2. The summed E-state index contributed by atoms with van der Waals surface area (Å²) in [4.78, 5) is 11.8. The number of hydrogen-bond donors (Lipinski definition) is 2. The van der Waals surface area contributed by atoms with E-state index in [2.05, 4.69) is 10.6 Å². The van der Waals surface area contributed by atoms with Gasteiger partial charge in [-0.2, -0.15) is 0 Å². The highest BCUT2D eigenvalue weighted by Crippen LogP contribution is 2.22. The number of benzene rings is 2. The second-order valence-corrected chi connectivity index (χ2v) is 4.80. The van der Waals surface area contributed by atoms with Crippen molar-refractivity contribution in [3.8, 4) is 5.75 Å². The fourth-order valence-corrected chi connectivity index (χ4v) is 2.00. The van der Waals surface area contributed by atoms with Crippen molar-refractivity contribution >= 4 is 35.0 Å². The lowest BCUT2D eigenvalue weighted by Gasteiger charge is -2.11. The van der Waals surface area contributed by atoms with Gasteiger partial charge in [0.1, 0.15) is 5.75 Å². The Morgan fingerprint density at radius 3 is 2.50 bits per heavy atom. The molecule has 0 aliphatic carbocycles. The summed E-state index contributed by atoms with van der Waals surface area (Å²) >= 11 is 5.12. The van der Waals surface area contributed by atoms with Gasteiger partial charge in [0.25, 0.3) is 0 Å². The quantitative estimate of drug-likeness (QED) is 0.672. The summed E-state index contributed by atoms with van der Waals surface area (Å²) in [5.74, 6) is 0.357. The van der Waals surface area contributed by atoms with Crippen LogP contribution in [0.2, 0.25) is 0 Å². The highest BCUT2D eigenvalue weighted by Gasteiger charge is 2.05. The van der Waals surface area contributed by atoms with Gasteiger partial charge >= 0.3 is 0 Å². The molecule has 0 saturated carbocycles. The van der Waals surface area contributed by atoms with Crippen LogP contribution in [0.1, 0.15) is 5.56 Å². The maximum Gasteiger partial charge on any atom is 0.250 e. The van der Waals surface area contributed by atoms with Crippen LogP contribution in [0.4, 0.5) is 5.69 Å². The highest BCUT2D eigenvalue weighted by molar-refractivity contribution is 7.80. The average Bonchev–Trinajstić information content (AvgIpc) is 2.54. The van der Waals surface area contributed by atoms with E-state index < -0.39 is 0 Å². The second-order valence-electron chi connectivity index (χ2n) is 4.39. The van der Waals surface area contributed by atoms with Crippen LogP contribution in [-0.4, -0.2) is 18.1 Å². The van der Waals surface area contributed by atoms with Crippen molar-refractivity contribution in [3.63, 3.8) is 0 Å². The van der Waals surface area contributed by atoms with Gasteiger partial charge in [-0.25, -0.2) is 0 Å². The topological polar surface area (TPSA) is 50.4 Å². The van der Waals surface area contributed by atoms with Crippen LogP contribution in [0.3, 0.4) is 0 Å². The first-order valence-corrected chi connectivity index (χ1v) is 7.08. The molecule has 0 spiro atoms. The molecule has 0 aliphatic heterocycles. The molecule has 2 aromatic rings. The number of rotatable bonds is 4. The molecular formula is C17H16N2O2S. The van der Waals surface area contributed by atoms with Crippen LogP contribution in [0.25, 0.3) is 6.08 Å². The molecule has 4 nitrogen and oxygen atoms in total. The number of methoxy groups -OCH3 is 1. The third kappa shape index (κ3) is 4.71. The highest BCUT2D eigenvalue weighted by atomic mass is 32.1. The Balaban J connectivity index is 1.92. The zero-order valence-corrected chi connectivity index (χ0v) is 12.9. The Morgan fingerprint density at radius 2 is 1.77 bits per heavy atom. The fourth-order valence-electron chi connectivity index (χ4n) is 1.79. The van der Waals surface area contributed by atoms with E-state index in [1.165, 1.54) is 6.08 Å². The van der Waals surface area contributed by atoms with Crippen LogP contribution in [0.5, 0.6) is 5.75 Å². The predicted octanol–water partition coefficient (Wildman–Crippen LogP) is 3.22. The Hall–Kier alpha value is -2.66. The predicted molar refractivity (Wildman–Crippen MR) is 92.8 cm³/mol. The van der Waals surface area contributed by atoms with Gasteiger partial charge in [0.15, 0.2) is 5.11 Å². The molecule has 0 unspecified atom stereocenters. The number of anilines is 1. The zero-order chi connectivity index (χ0) is 15.8. The summed E-state index contributed by atoms with van der Waals surface area (Å²) in [6.07, 6.45) is 3.16. The number of hydrogen-bond acceptors (Lipinski definition) is 3. The molecule has 0 bridgehead atoms. The average molecular weight is 312 g/mol. The third-order valence-corrected chi connectivity index (χ3v) is 3.02. The standard InChI is InChI=1S/C17H16N2O2S/c1-21-15-10-6-5-9-14(15)18-17(22)19-16(20)12-11-13-7-3-2-4-8-13/h2-12H,1H3,(H2,18,19,20,22). The van der Waals surface area contributed by atoms with Crippen molar-refractivity contribution in [3.05, 3.63) is 66.2 Å². The molecule has 5 heteroatoms. The molecule has 0 fully saturated rings. The summed E-state index contributed by atoms with van der Waals surface area (Å²) in [5.41, 5.74) is 1.64. The molecule has 0 aromatic heterocycles. The molecule has 0 heterocycles. The van der Waals surface area contributed by atoms with Crippen LogP contribution >= 0.6 is 12.2 Å². The number of carbonyl (C=O) groups is 1. The van der Waals surface area contributed by atoms with Gasteiger partial charge in [0.2, 0.25) is 5.91 Å². The monoisotopic (exact) mass is 312 g/mol. The molecule has 0 radical (unpaired) electrons. The largest absolute Gasteiger partial charge is 0.495 e. The molecule has 2 N–H and O–H groups in total. The first-order valence-electron chi connectivity index (χ1n) is 6.67. The van der Waals surface area contributed by atoms with Crippen molar-refractivity contribution in [2.45, 2.75) is 0 Å².